The first-order chi connectivity index (χ1) is 10.1. The lowest BCUT2D eigenvalue weighted by molar-refractivity contribution is -0.162. The van der Waals surface area contributed by atoms with Crippen molar-refractivity contribution in [1.29, 1.82) is 0 Å². The molecule has 0 saturated carbocycles. The summed E-state index contributed by atoms with van der Waals surface area (Å²) in [6.45, 7) is 3.46. The van der Waals surface area contributed by atoms with Crippen LogP contribution in [0.5, 0.6) is 0 Å². The van der Waals surface area contributed by atoms with Gasteiger partial charge in [-0.3, -0.25) is 14.7 Å². The number of carboxylic acids is 1. The highest BCUT2D eigenvalue weighted by molar-refractivity contribution is 5.76. The predicted molar refractivity (Wildman–Crippen MR) is 79.9 cm³/mol. The molecule has 0 bridgehead atoms. The summed E-state index contributed by atoms with van der Waals surface area (Å²) < 4.78 is 0. The van der Waals surface area contributed by atoms with Crippen LogP contribution in [0.2, 0.25) is 0 Å². The molecule has 21 heavy (non-hydrogen) atoms. The number of hydrogen-bond acceptors (Lipinski definition) is 4. The molecule has 0 spiro atoms. The maximum atomic E-state index is 11.9. The number of pyridine rings is 1. The Hall–Kier alpha value is -1.46. The zero-order valence-corrected chi connectivity index (χ0v) is 12.5. The molecule has 2 saturated heterocycles. The van der Waals surface area contributed by atoms with Gasteiger partial charge in [0.05, 0.1) is 11.1 Å². The van der Waals surface area contributed by atoms with Crippen LogP contribution in [0, 0.1) is 5.41 Å². The van der Waals surface area contributed by atoms with Crippen LogP contribution < -0.4 is 0 Å². The van der Waals surface area contributed by atoms with Crippen LogP contribution in [0.15, 0.2) is 24.4 Å². The Bertz CT molecular complexity index is 508. The van der Waals surface area contributed by atoms with Gasteiger partial charge >= 0.3 is 5.97 Å². The Labute approximate surface area is 125 Å². The van der Waals surface area contributed by atoms with Crippen molar-refractivity contribution >= 4 is 5.97 Å². The van der Waals surface area contributed by atoms with Gasteiger partial charge in [0, 0.05) is 25.3 Å². The summed E-state index contributed by atoms with van der Waals surface area (Å²) >= 11 is 0. The Kier molecular flexibility index (Phi) is 3.95. The molecule has 5 nitrogen and oxygen atoms in total. The summed E-state index contributed by atoms with van der Waals surface area (Å²) in [5.74, 6) is -0.614. The molecular formula is C16H23N3O2. The van der Waals surface area contributed by atoms with Gasteiger partial charge in [-0.2, -0.15) is 0 Å². The van der Waals surface area contributed by atoms with E-state index in [1.165, 1.54) is 0 Å². The highest BCUT2D eigenvalue weighted by atomic mass is 16.4. The fourth-order valence-corrected chi connectivity index (χ4v) is 3.91. The molecule has 114 valence electrons. The van der Waals surface area contributed by atoms with Gasteiger partial charge in [-0.1, -0.05) is 6.07 Å². The zero-order chi connectivity index (χ0) is 14.9. The van der Waals surface area contributed by atoms with Crippen molar-refractivity contribution < 1.29 is 9.90 Å². The number of carboxylic acid groups (broad SMARTS) is 1. The lowest BCUT2D eigenvalue weighted by Crippen LogP contribution is -2.62. The number of likely N-dealkylation sites (N-methyl/N-ethyl adjacent to an activating group) is 1. The van der Waals surface area contributed by atoms with E-state index in [-0.39, 0.29) is 6.04 Å². The molecule has 0 unspecified atom stereocenters. The first kappa shape index (κ1) is 14.5. The fraction of sp³-hybridized carbons (Fsp3) is 0.625. The molecule has 5 heteroatoms. The molecule has 1 aromatic heterocycles. The van der Waals surface area contributed by atoms with Crippen molar-refractivity contribution in [3.63, 3.8) is 0 Å². The van der Waals surface area contributed by atoms with E-state index in [0.29, 0.717) is 0 Å². The maximum Gasteiger partial charge on any atom is 0.311 e. The largest absolute Gasteiger partial charge is 0.481 e. The summed E-state index contributed by atoms with van der Waals surface area (Å²) in [5, 5.41) is 9.76. The van der Waals surface area contributed by atoms with Gasteiger partial charge in [0.25, 0.3) is 0 Å². The average molecular weight is 289 g/mol. The van der Waals surface area contributed by atoms with Gasteiger partial charge in [-0.25, -0.2) is 0 Å². The number of fused-ring (bicyclic) bond motifs is 1. The van der Waals surface area contributed by atoms with E-state index in [9.17, 15) is 9.90 Å². The van der Waals surface area contributed by atoms with E-state index >= 15 is 0 Å². The zero-order valence-electron chi connectivity index (χ0n) is 12.5. The minimum atomic E-state index is -0.614. The highest BCUT2D eigenvalue weighted by Crippen LogP contribution is 2.42. The number of aromatic nitrogens is 1. The summed E-state index contributed by atoms with van der Waals surface area (Å²) in [7, 11) is 2.06. The van der Waals surface area contributed by atoms with E-state index in [0.717, 1.165) is 51.1 Å². The van der Waals surface area contributed by atoms with Crippen LogP contribution >= 0.6 is 0 Å². The van der Waals surface area contributed by atoms with E-state index in [1.54, 1.807) is 0 Å². The third-order valence-corrected chi connectivity index (χ3v) is 5.15. The molecule has 0 aromatic carbocycles. The second-order valence-corrected chi connectivity index (χ2v) is 6.37. The Morgan fingerprint density at radius 3 is 3.00 bits per heavy atom. The lowest BCUT2D eigenvalue weighted by atomic mass is 9.68. The number of aliphatic carboxylic acids is 1. The van der Waals surface area contributed by atoms with Crippen molar-refractivity contribution in [3.05, 3.63) is 30.1 Å². The molecule has 1 N–H and O–H groups in total. The van der Waals surface area contributed by atoms with Gasteiger partial charge in [0.2, 0.25) is 0 Å². The molecule has 2 atom stereocenters. The Balaban J connectivity index is 1.75. The van der Waals surface area contributed by atoms with Crippen LogP contribution in [-0.2, 0) is 11.3 Å². The molecule has 1 aromatic rings. The number of hydrogen-bond donors (Lipinski definition) is 1. The van der Waals surface area contributed by atoms with Gasteiger partial charge in [-0.05, 0) is 51.5 Å². The maximum absolute atomic E-state index is 11.9. The highest BCUT2D eigenvalue weighted by Gasteiger charge is 2.52. The average Bonchev–Trinajstić information content (AvgIpc) is 2.49. The molecule has 0 radical (unpaired) electrons. The lowest BCUT2D eigenvalue weighted by Gasteiger charge is -2.51. The number of carbonyl (C=O) groups is 1. The number of piperidine rings is 2. The SMILES string of the molecule is CN1CCC[C@]2(C(=O)O)CCN(Cc3ccccn3)C[C@@H]12. The topological polar surface area (TPSA) is 56.7 Å². The molecule has 0 amide bonds. The van der Waals surface area contributed by atoms with Gasteiger partial charge in [0.1, 0.15) is 0 Å². The molecule has 2 aliphatic heterocycles. The van der Waals surface area contributed by atoms with E-state index in [2.05, 4.69) is 21.8 Å². The van der Waals surface area contributed by atoms with Crippen molar-refractivity contribution in [2.45, 2.75) is 31.8 Å². The molecule has 3 rings (SSSR count). The summed E-state index contributed by atoms with van der Waals surface area (Å²) in [4.78, 5) is 20.8. The number of nitrogens with zero attached hydrogens (tertiary/aromatic N) is 3. The van der Waals surface area contributed by atoms with Crippen LogP contribution in [0.3, 0.4) is 0 Å². The minimum absolute atomic E-state index is 0.112. The standard InChI is InChI=1S/C16H23N3O2/c1-18-9-4-6-16(15(20)21)7-10-19(12-14(16)18)11-13-5-2-3-8-17-13/h2-3,5,8,14H,4,6-7,9-12H2,1H3,(H,20,21)/t14-,16+/m1/s1. The van der Waals surface area contributed by atoms with Crippen LogP contribution in [0.4, 0.5) is 0 Å². The van der Waals surface area contributed by atoms with Crippen molar-refractivity contribution in [2.24, 2.45) is 5.41 Å². The summed E-state index contributed by atoms with van der Waals surface area (Å²) in [6.07, 6.45) is 4.35. The van der Waals surface area contributed by atoms with Crippen LogP contribution in [-0.4, -0.2) is 58.6 Å². The van der Waals surface area contributed by atoms with Crippen molar-refractivity contribution in [2.75, 3.05) is 26.7 Å². The Morgan fingerprint density at radius 2 is 2.29 bits per heavy atom. The Morgan fingerprint density at radius 1 is 1.43 bits per heavy atom. The molecule has 2 aliphatic rings. The monoisotopic (exact) mass is 289 g/mol. The normalized spacial score (nSPS) is 30.8. The van der Waals surface area contributed by atoms with Gasteiger partial charge in [-0.15, -0.1) is 0 Å². The molecule has 3 heterocycles. The molecule has 2 fully saturated rings. The summed E-state index contributed by atoms with van der Waals surface area (Å²) in [5.41, 5.74) is 0.506. The fourth-order valence-electron chi connectivity index (χ4n) is 3.91. The van der Waals surface area contributed by atoms with E-state index in [1.807, 2.05) is 24.4 Å². The van der Waals surface area contributed by atoms with Crippen molar-refractivity contribution in [3.8, 4) is 0 Å². The van der Waals surface area contributed by atoms with Crippen molar-refractivity contribution in [1.82, 2.24) is 14.8 Å². The minimum Gasteiger partial charge on any atom is -0.481 e. The van der Waals surface area contributed by atoms with E-state index in [4.69, 9.17) is 0 Å². The number of rotatable bonds is 3. The molecular weight excluding hydrogens is 266 g/mol. The first-order valence-corrected chi connectivity index (χ1v) is 7.68. The van der Waals surface area contributed by atoms with Gasteiger partial charge < -0.3 is 10.0 Å². The number of likely N-dealkylation sites (tertiary alicyclic amines) is 2. The van der Waals surface area contributed by atoms with Crippen LogP contribution in [0.25, 0.3) is 0 Å². The van der Waals surface area contributed by atoms with Crippen LogP contribution in [0.1, 0.15) is 25.0 Å². The van der Waals surface area contributed by atoms with Gasteiger partial charge in [0.15, 0.2) is 0 Å². The second-order valence-electron chi connectivity index (χ2n) is 6.37. The third-order valence-electron chi connectivity index (χ3n) is 5.15. The molecule has 0 aliphatic carbocycles. The first-order valence-electron chi connectivity index (χ1n) is 7.68. The second kappa shape index (κ2) is 5.73. The van der Waals surface area contributed by atoms with E-state index < -0.39 is 11.4 Å². The summed E-state index contributed by atoms with van der Waals surface area (Å²) in [6, 6.07) is 6.06. The predicted octanol–water partition coefficient (Wildman–Crippen LogP) is 1.45. The smallest absolute Gasteiger partial charge is 0.311 e. The third kappa shape index (κ3) is 2.68. The quantitative estimate of drug-likeness (QED) is 0.913.